The lowest BCUT2D eigenvalue weighted by molar-refractivity contribution is -0.144. The Labute approximate surface area is 95.6 Å². The predicted molar refractivity (Wildman–Crippen MR) is 59.8 cm³/mol. The molecular formula is C11H20N2O3. The van der Waals surface area contributed by atoms with Gasteiger partial charge in [-0.15, -0.1) is 0 Å². The van der Waals surface area contributed by atoms with Crippen LogP contribution >= 0.6 is 0 Å². The van der Waals surface area contributed by atoms with Gasteiger partial charge in [0.1, 0.15) is 6.54 Å². The summed E-state index contributed by atoms with van der Waals surface area (Å²) in [5.74, 6) is -0.528. The van der Waals surface area contributed by atoms with Gasteiger partial charge in [-0.05, 0) is 32.1 Å². The highest BCUT2D eigenvalue weighted by molar-refractivity contribution is 5.81. The topological polar surface area (TPSA) is 83.6 Å². The summed E-state index contributed by atoms with van der Waals surface area (Å²) in [6, 6.07) is -0.0171. The number of hydrogen-bond acceptors (Lipinski definition) is 3. The number of carboxylic acids is 1. The molecule has 0 aromatic rings. The minimum absolute atomic E-state index is 0.0171. The number of aliphatic carboxylic acids is 1. The van der Waals surface area contributed by atoms with Crippen molar-refractivity contribution < 1.29 is 14.7 Å². The smallest absolute Gasteiger partial charge is 0.323 e. The summed E-state index contributed by atoms with van der Waals surface area (Å²) in [5, 5.41) is 8.72. The molecule has 0 saturated heterocycles. The van der Waals surface area contributed by atoms with Crippen molar-refractivity contribution in [3.8, 4) is 0 Å². The van der Waals surface area contributed by atoms with Crippen LogP contribution in [0, 0.1) is 5.92 Å². The van der Waals surface area contributed by atoms with Crippen LogP contribution in [0.2, 0.25) is 0 Å². The highest BCUT2D eigenvalue weighted by atomic mass is 16.4. The van der Waals surface area contributed by atoms with Crippen LogP contribution in [0.5, 0.6) is 0 Å². The van der Waals surface area contributed by atoms with Gasteiger partial charge in [-0.3, -0.25) is 9.59 Å². The van der Waals surface area contributed by atoms with Gasteiger partial charge in [0.05, 0.1) is 0 Å². The standard InChI is InChI=1S/C11H20N2O3/c1-8(12)2-5-10(14)13(7-11(15)16)6-9-3-4-9/h8-9H,2-7,12H2,1H3,(H,15,16). The molecule has 1 amide bonds. The van der Waals surface area contributed by atoms with Gasteiger partial charge in [-0.25, -0.2) is 0 Å². The van der Waals surface area contributed by atoms with Crippen LogP contribution in [0.25, 0.3) is 0 Å². The number of carbonyl (C=O) groups is 2. The average molecular weight is 228 g/mol. The molecule has 0 aromatic heterocycles. The van der Waals surface area contributed by atoms with E-state index in [-0.39, 0.29) is 18.5 Å². The van der Waals surface area contributed by atoms with Crippen LogP contribution in [-0.4, -0.2) is 41.0 Å². The van der Waals surface area contributed by atoms with E-state index in [4.69, 9.17) is 10.8 Å². The third-order valence-electron chi connectivity index (χ3n) is 2.67. The monoisotopic (exact) mass is 228 g/mol. The number of carbonyl (C=O) groups excluding carboxylic acids is 1. The van der Waals surface area contributed by atoms with Crippen molar-refractivity contribution >= 4 is 11.9 Å². The molecule has 1 aliphatic carbocycles. The molecule has 5 nitrogen and oxygen atoms in total. The largest absolute Gasteiger partial charge is 0.480 e. The summed E-state index contributed by atoms with van der Waals surface area (Å²) < 4.78 is 0. The Morgan fingerprint density at radius 1 is 1.50 bits per heavy atom. The molecule has 0 aliphatic heterocycles. The summed E-state index contributed by atoms with van der Waals surface area (Å²) in [4.78, 5) is 23.8. The van der Waals surface area contributed by atoms with Gasteiger partial charge in [0, 0.05) is 19.0 Å². The lowest BCUT2D eigenvalue weighted by Crippen LogP contribution is -2.37. The second-order valence-electron chi connectivity index (χ2n) is 4.63. The number of carboxylic acid groups (broad SMARTS) is 1. The number of amides is 1. The highest BCUT2D eigenvalue weighted by Gasteiger charge is 2.27. The molecule has 16 heavy (non-hydrogen) atoms. The van der Waals surface area contributed by atoms with Crippen LogP contribution in [0.15, 0.2) is 0 Å². The first-order chi connectivity index (χ1) is 7.49. The quantitative estimate of drug-likeness (QED) is 0.662. The number of nitrogens with zero attached hydrogens (tertiary/aromatic N) is 1. The zero-order chi connectivity index (χ0) is 12.1. The van der Waals surface area contributed by atoms with E-state index in [1.807, 2.05) is 6.92 Å². The number of nitrogens with two attached hydrogens (primary N) is 1. The Hall–Kier alpha value is -1.10. The van der Waals surface area contributed by atoms with Crippen molar-refractivity contribution in [3.05, 3.63) is 0 Å². The van der Waals surface area contributed by atoms with Gasteiger partial charge in [0.15, 0.2) is 0 Å². The summed E-state index contributed by atoms with van der Waals surface area (Å²) in [6.45, 7) is 2.24. The van der Waals surface area contributed by atoms with Gasteiger partial charge in [0.2, 0.25) is 5.91 Å². The molecule has 1 rings (SSSR count). The van der Waals surface area contributed by atoms with E-state index in [9.17, 15) is 9.59 Å². The Balaban J connectivity index is 2.39. The lowest BCUT2D eigenvalue weighted by Gasteiger charge is -2.20. The third-order valence-corrected chi connectivity index (χ3v) is 2.67. The van der Waals surface area contributed by atoms with Crippen LogP contribution in [0.3, 0.4) is 0 Å². The zero-order valence-electron chi connectivity index (χ0n) is 9.69. The maximum Gasteiger partial charge on any atom is 0.323 e. The second-order valence-corrected chi connectivity index (χ2v) is 4.63. The normalized spacial score (nSPS) is 16.9. The van der Waals surface area contributed by atoms with E-state index in [1.54, 1.807) is 0 Å². The first-order valence-corrected chi connectivity index (χ1v) is 5.74. The van der Waals surface area contributed by atoms with Gasteiger partial charge in [-0.1, -0.05) is 0 Å². The molecule has 1 saturated carbocycles. The van der Waals surface area contributed by atoms with Crippen LogP contribution in [-0.2, 0) is 9.59 Å². The van der Waals surface area contributed by atoms with Crippen molar-refractivity contribution in [1.82, 2.24) is 4.90 Å². The molecule has 1 unspecified atom stereocenters. The lowest BCUT2D eigenvalue weighted by atomic mass is 10.2. The molecule has 5 heteroatoms. The Kier molecular flexibility index (Phi) is 4.73. The van der Waals surface area contributed by atoms with Gasteiger partial charge in [0.25, 0.3) is 0 Å². The van der Waals surface area contributed by atoms with Crippen molar-refractivity contribution in [2.45, 2.75) is 38.6 Å². The summed E-state index contributed by atoms with van der Waals surface area (Å²) in [5.41, 5.74) is 5.57. The predicted octanol–water partition coefficient (Wildman–Crippen LogP) is 0.437. The molecule has 0 spiro atoms. The summed E-state index contributed by atoms with van der Waals surface area (Å²) >= 11 is 0. The van der Waals surface area contributed by atoms with Gasteiger partial charge < -0.3 is 15.7 Å². The zero-order valence-corrected chi connectivity index (χ0v) is 9.69. The molecule has 0 heterocycles. The van der Waals surface area contributed by atoms with Crippen molar-refractivity contribution in [3.63, 3.8) is 0 Å². The van der Waals surface area contributed by atoms with Crippen LogP contribution in [0.1, 0.15) is 32.6 Å². The van der Waals surface area contributed by atoms with E-state index >= 15 is 0 Å². The van der Waals surface area contributed by atoms with E-state index in [2.05, 4.69) is 0 Å². The van der Waals surface area contributed by atoms with E-state index < -0.39 is 5.97 Å². The Bertz CT molecular complexity index is 262. The maximum absolute atomic E-state index is 11.8. The number of hydrogen-bond donors (Lipinski definition) is 2. The Morgan fingerprint density at radius 3 is 2.56 bits per heavy atom. The summed E-state index contributed by atoms with van der Waals surface area (Å²) in [7, 11) is 0. The van der Waals surface area contributed by atoms with Gasteiger partial charge >= 0.3 is 5.97 Å². The first-order valence-electron chi connectivity index (χ1n) is 5.74. The fourth-order valence-corrected chi connectivity index (χ4v) is 1.54. The highest BCUT2D eigenvalue weighted by Crippen LogP contribution is 2.29. The maximum atomic E-state index is 11.8. The molecular weight excluding hydrogens is 208 g/mol. The second kappa shape index (κ2) is 5.84. The van der Waals surface area contributed by atoms with E-state index in [1.165, 1.54) is 4.90 Å². The van der Waals surface area contributed by atoms with Crippen molar-refractivity contribution in [2.75, 3.05) is 13.1 Å². The summed E-state index contributed by atoms with van der Waals surface area (Å²) in [6.07, 6.45) is 3.17. The number of rotatable bonds is 7. The van der Waals surface area contributed by atoms with Crippen molar-refractivity contribution in [1.29, 1.82) is 0 Å². The third kappa shape index (κ3) is 5.11. The molecule has 0 radical (unpaired) electrons. The van der Waals surface area contributed by atoms with Crippen LogP contribution < -0.4 is 5.73 Å². The molecule has 92 valence electrons. The van der Waals surface area contributed by atoms with E-state index in [0.717, 1.165) is 12.8 Å². The van der Waals surface area contributed by atoms with Crippen LogP contribution in [0.4, 0.5) is 0 Å². The molecule has 0 bridgehead atoms. The molecule has 1 fully saturated rings. The minimum atomic E-state index is -0.949. The fourth-order valence-electron chi connectivity index (χ4n) is 1.54. The molecule has 1 atom stereocenters. The SMILES string of the molecule is CC(N)CCC(=O)N(CC(=O)O)CC1CC1. The van der Waals surface area contributed by atoms with Gasteiger partial charge in [-0.2, -0.15) is 0 Å². The fraction of sp³-hybridized carbons (Fsp3) is 0.818. The minimum Gasteiger partial charge on any atom is -0.480 e. The molecule has 1 aliphatic rings. The molecule has 0 aromatic carbocycles. The average Bonchev–Trinajstić information content (AvgIpc) is 2.96. The first kappa shape index (κ1) is 13.0. The molecule has 3 N–H and O–H groups in total. The van der Waals surface area contributed by atoms with E-state index in [0.29, 0.717) is 25.3 Å². The van der Waals surface area contributed by atoms with Crippen molar-refractivity contribution in [2.24, 2.45) is 11.7 Å². The Morgan fingerprint density at radius 2 is 2.12 bits per heavy atom.